The predicted molar refractivity (Wildman–Crippen MR) is 92.8 cm³/mol. The first kappa shape index (κ1) is 18.5. The molecule has 3 rings (SSSR count). The maximum absolute atomic E-state index is 13.0. The smallest absolute Gasteiger partial charge is 0.339 e. The second-order valence-corrected chi connectivity index (χ2v) is 8.27. The normalized spacial score (nSPS) is 32.7. The molecular weight excluding hydrogens is 343 g/mol. The summed E-state index contributed by atoms with van der Waals surface area (Å²) in [6.45, 7) is 11.1. The lowest BCUT2D eigenvalue weighted by molar-refractivity contribution is -0.207. The molecule has 2 heterocycles. The third kappa shape index (κ3) is 4.11. The molecule has 0 amide bonds. The predicted octanol–water partition coefficient (Wildman–Crippen LogP) is 3.99. The van der Waals surface area contributed by atoms with Crippen LogP contribution < -0.4 is 0 Å². The van der Waals surface area contributed by atoms with Crippen LogP contribution in [0.4, 0.5) is 0 Å². The molecule has 0 bridgehead atoms. The minimum absolute atomic E-state index is 0.146. The molecule has 0 saturated carbocycles. The molecule has 25 heavy (non-hydrogen) atoms. The van der Waals surface area contributed by atoms with Crippen LogP contribution in [0.5, 0.6) is 0 Å². The number of fused-ring (bicyclic) bond motifs is 1. The first-order valence-corrected chi connectivity index (χ1v) is 9.71. The van der Waals surface area contributed by atoms with E-state index in [4.69, 9.17) is 23.3 Å². The van der Waals surface area contributed by atoms with E-state index in [2.05, 4.69) is 13.2 Å². The van der Waals surface area contributed by atoms with E-state index in [1.807, 2.05) is 30.3 Å². The quantitative estimate of drug-likeness (QED) is 0.537. The van der Waals surface area contributed by atoms with Gasteiger partial charge >= 0.3 is 7.60 Å². The van der Waals surface area contributed by atoms with Crippen LogP contribution in [0.25, 0.3) is 0 Å². The van der Waals surface area contributed by atoms with Gasteiger partial charge in [0.05, 0.1) is 6.61 Å². The van der Waals surface area contributed by atoms with Crippen molar-refractivity contribution in [1.82, 2.24) is 0 Å². The molecule has 1 unspecified atom stereocenters. The molecule has 1 aromatic carbocycles. The summed E-state index contributed by atoms with van der Waals surface area (Å²) in [5.41, 5.74) is 0.885. The molecule has 0 N–H and O–H groups in total. The molecule has 2 aliphatic rings. The van der Waals surface area contributed by atoms with Crippen molar-refractivity contribution in [2.75, 3.05) is 0 Å². The first-order chi connectivity index (χ1) is 11.9. The van der Waals surface area contributed by atoms with Crippen molar-refractivity contribution in [3.8, 4) is 0 Å². The number of hydrogen-bond acceptors (Lipinski definition) is 6. The second kappa shape index (κ2) is 7.16. The van der Waals surface area contributed by atoms with Gasteiger partial charge in [0.1, 0.15) is 18.3 Å². The highest BCUT2D eigenvalue weighted by molar-refractivity contribution is 7.57. The molecule has 0 radical (unpaired) electrons. The van der Waals surface area contributed by atoms with Gasteiger partial charge in [-0.05, 0) is 19.4 Å². The number of hydrogen-bond donors (Lipinski definition) is 0. The summed E-state index contributed by atoms with van der Waals surface area (Å²) >= 11 is 0. The zero-order chi connectivity index (χ0) is 18.1. The summed E-state index contributed by atoms with van der Waals surface area (Å²) in [4.78, 5) is 0. The van der Waals surface area contributed by atoms with Crippen LogP contribution >= 0.6 is 7.60 Å². The van der Waals surface area contributed by atoms with Gasteiger partial charge in [0.25, 0.3) is 0 Å². The van der Waals surface area contributed by atoms with Crippen LogP contribution in [0.3, 0.4) is 0 Å². The average molecular weight is 366 g/mol. The summed E-state index contributed by atoms with van der Waals surface area (Å²) in [5.74, 6) is 0.399. The molecule has 7 heteroatoms. The highest BCUT2D eigenvalue weighted by Gasteiger charge is 2.56. The second-order valence-electron chi connectivity index (χ2n) is 6.36. The summed E-state index contributed by atoms with van der Waals surface area (Å²) in [5, 5.41) is 0. The van der Waals surface area contributed by atoms with Gasteiger partial charge in [-0.1, -0.05) is 43.0 Å². The van der Waals surface area contributed by atoms with E-state index < -0.39 is 38.0 Å². The van der Waals surface area contributed by atoms with E-state index in [-0.39, 0.29) is 6.61 Å². The Labute approximate surface area is 147 Å². The van der Waals surface area contributed by atoms with Crippen LogP contribution in [0, 0.1) is 0 Å². The SMILES string of the molecule is C=C[C@H]1O[C@@H]2OC(C)(C)O[C@@H]2[C@H]1OP(=O)(C=C)OCc1ccccc1. The van der Waals surface area contributed by atoms with Crippen LogP contribution in [-0.2, 0) is 34.4 Å². The molecule has 136 valence electrons. The van der Waals surface area contributed by atoms with Crippen molar-refractivity contribution >= 4 is 7.60 Å². The van der Waals surface area contributed by atoms with Crippen molar-refractivity contribution in [1.29, 1.82) is 0 Å². The van der Waals surface area contributed by atoms with Gasteiger partial charge in [-0.3, -0.25) is 9.09 Å². The van der Waals surface area contributed by atoms with Crippen molar-refractivity contribution in [3.05, 3.63) is 60.9 Å². The summed E-state index contributed by atoms with van der Waals surface area (Å²) in [7, 11) is -3.56. The Balaban J connectivity index is 1.71. The largest absolute Gasteiger partial charge is 0.354 e. The van der Waals surface area contributed by atoms with Gasteiger partial charge in [-0.15, -0.1) is 6.58 Å². The van der Waals surface area contributed by atoms with Crippen molar-refractivity contribution in [2.24, 2.45) is 0 Å². The Hall–Kier alpha value is -1.27. The lowest BCUT2D eigenvalue weighted by Crippen LogP contribution is -2.35. The fraction of sp³-hybridized carbons (Fsp3) is 0.444. The standard InChI is InChI=1S/C18H23O6P/c1-5-14-15(16-17(21-14)23-18(3,4)22-16)24-25(19,6-2)20-12-13-10-8-7-9-11-13/h5-11,14-17H,1-2,12H2,3-4H3/t14-,15+,16-,17-,25?/m1/s1. The fourth-order valence-corrected chi connectivity index (χ4v) is 4.01. The Morgan fingerprint density at radius 3 is 2.60 bits per heavy atom. The highest BCUT2D eigenvalue weighted by atomic mass is 31.2. The van der Waals surface area contributed by atoms with Crippen molar-refractivity contribution < 1.29 is 27.8 Å². The molecular formula is C18H23O6P. The highest BCUT2D eigenvalue weighted by Crippen LogP contribution is 2.54. The summed E-state index contributed by atoms with van der Waals surface area (Å²) < 4.78 is 41.6. The van der Waals surface area contributed by atoms with E-state index >= 15 is 0 Å². The van der Waals surface area contributed by atoms with Crippen LogP contribution in [-0.4, -0.2) is 30.4 Å². The monoisotopic (exact) mass is 366 g/mol. The topological polar surface area (TPSA) is 63.2 Å². The van der Waals surface area contributed by atoms with Gasteiger partial charge in [-0.25, -0.2) is 0 Å². The lowest BCUT2D eigenvalue weighted by Gasteiger charge is -2.26. The lowest BCUT2D eigenvalue weighted by atomic mass is 10.1. The van der Waals surface area contributed by atoms with Gasteiger partial charge in [0.15, 0.2) is 12.1 Å². The van der Waals surface area contributed by atoms with Gasteiger partial charge in [0.2, 0.25) is 0 Å². The van der Waals surface area contributed by atoms with Crippen LogP contribution in [0.2, 0.25) is 0 Å². The zero-order valence-electron chi connectivity index (χ0n) is 14.4. The Morgan fingerprint density at radius 1 is 1.24 bits per heavy atom. The average Bonchev–Trinajstić information content (AvgIpc) is 3.06. The number of ether oxygens (including phenoxy) is 3. The van der Waals surface area contributed by atoms with E-state index in [1.54, 1.807) is 19.9 Å². The molecule has 2 aliphatic heterocycles. The van der Waals surface area contributed by atoms with E-state index in [0.29, 0.717) is 0 Å². The maximum Gasteiger partial charge on any atom is 0.354 e. The minimum Gasteiger partial charge on any atom is -0.339 e. The molecule has 2 fully saturated rings. The zero-order valence-corrected chi connectivity index (χ0v) is 15.3. The summed E-state index contributed by atoms with van der Waals surface area (Å²) in [6, 6.07) is 9.42. The molecule has 2 saturated heterocycles. The van der Waals surface area contributed by atoms with Gasteiger partial charge in [-0.2, -0.15) is 0 Å². The Kier molecular flexibility index (Phi) is 5.30. The Morgan fingerprint density at radius 2 is 1.96 bits per heavy atom. The molecule has 1 aromatic rings. The summed E-state index contributed by atoms with van der Waals surface area (Å²) in [6.07, 6.45) is -0.724. The number of rotatable bonds is 7. The third-order valence-corrected chi connectivity index (χ3v) is 5.48. The van der Waals surface area contributed by atoms with Crippen LogP contribution in [0.15, 0.2) is 55.4 Å². The fourth-order valence-electron chi connectivity index (χ4n) is 2.85. The van der Waals surface area contributed by atoms with E-state index in [0.717, 1.165) is 5.56 Å². The first-order valence-electron chi connectivity index (χ1n) is 8.10. The minimum atomic E-state index is -3.56. The van der Waals surface area contributed by atoms with Gasteiger partial charge < -0.3 is 18.7 Å². The molecule has 0 spiro atoms. The molecule has 5 atom stereocenters. The van der Waals surface area contributed by atoms with Gasteiger partial charge in [0, 0.05) is 5.82 Å². The third-order valence-electron chi connectivity index (χ3n) is 4.01. The van der Waals surface area contributed by atoms with Crippen molar-refractivity contribution in [2.45, 2.75) is 50.8 Å². The van der Waals surface area contributed by atoms with Crippen LogP contribution in [0.1, 0.15) is 19.4 Å². The number of benzene rings is 1. The molecule has 6 nitrogen and oxygen atoms in total. The Bertz CT molecular complexity index is 673. The molecule has 0 aromatic heterocycles. The molecule has 0 aliphatic carbocycles. The maximum atomic E-state index is 13.0. The van der Waals surface area contributed by atoms with E-state index in [9.17, 15) is 4.57 Å². The van der Waals surface area contributed by atoms with Crippen molar-refractivity contribution in [3.63, 3.8) is 0 Å². The van der Waals surface area contributed by atoms with E-state index in [1.165, 1.54) is 5.82 Å².